The lowest BCUT2D eigenvalue weighted by Gasteiger charge is -2.15. The molecule has 0 saturated heterocycles. The molecule has 0 aliphatic carbocycles. The van der Waals surface area contributed by atoms with Crippen LogP contribution in [0.3, 0.4) is 0 Å². The molecule has 0 amide bonds. The zero-order valence-corrected chi connectivity index (χ0v) is 27.6. The third kappa shape index (κ3) is 5.06. The molecular formula is C48H30N2O. The van der Waals surface area contributed by atoms with Crippen LogP contribution in [0.4, 0.5) is 0 Å². The summed E-state index contributed by atoms with van der Waals surface area (Å²) in [6.45, 7) is 0. The first-order valence-corrected chi connectivity index (χ1v) is 17.2. The van der Waals surface area contributed by atoms with Crippen molar-refractivity contribution in [3.05, 3.63) is 182 Å². The largest absolute Gasteiger partial charge is 0.455 e. The zero-order chi connectivity index (χ0) is 33.7. The Bertz CT molecular complexity index is 2850. The van der Waals surface area contributed by atoms with E-state index in [1.54, 1.807) is 0 Å². The van der Waals surface area contributed by atoms with Gasteiger partial charge in [-0.15, -0.1) is 0 Å². The Balaban J connectivity index is 1.30. The van der Waals surface area contributed by atoms with Gasteiger partial charge in [0.05, 0.1) is 11.4 Å². The van der Waals surface area contributed by atoms with Gasteiger partial charge in [-0.05, 0) is 74.8 Å². The summed E-state index contributed by atoms with van der Waals surface area (Å²) in [5, 5.41) is 6.87. The second-order valence-electron chi connectivity index (χ2n) is 13.0. The first kappa shape index (κ1) is 29.1. The molecule has 10 aromatic rings. The fraction of sp³-hybridized carbons (Fsp3) is 0. The highest BCUT2D eigenvalue weighted by Gasteiger charge is 2.19. The van der Waals surface area contributed by atoms with E-state index in [-0.39, 0.29) is 0 Å². The van der Waals surface area contributed by atoms with E-state index >= 15 is 0 Å². The number of hydrogen-bond donors (Lipinski definition) is 0. The molecule has 10 rings (SSSR count). The number of nitrogens with zero attached hydrogens (tertiary/aromatic N) is 2. The van der Waals surface area contributed by atoms with Crippen molar-refractivity contribution in [2.24, 2.45) is 0 Å². The minimum absolute atomic E-state index is 0.693. The van der Waals surface area contributed by atoms with Gasteiger partial charge in [0.2, 0.25) is 0 Å². The first-order valence-electron chi connectivity index (χ1n) is 17.2. The summed E-state index contributed by atoms with van der Waals surface area (Å²) in [7, 11) is 0. The number of benzene rings is 8. The number of furan rings is 1. The first-order chi connectivity index (χ1) is 25.3. The summed E-state index contributed by atoms with van der Waals surface area (Å²) >= 11 is 0. The van der Waals surface area contributed by atoms with Crippen LogP contribution in [0.2, 0.25) is 0 Å². The maximum absolute atomic E-state index is 6.62. The van der Waals surface area contributed by atoms with Crippen molar-refractivity contribution < 1.29 is 4.42 Å². The summed E-state index contributed by atoms with van der Waals surface area (Å²) in [6, 6.07) is 63.9. The highest BCUT2D eigenvalue weighted by atomic mass is 16.3. The zero-order valence-electron chi connectivity index (χ0n) is 27.6. The Morgan fingerprint density at radius 1 is 0.353 bits per heavy atom. The van der Waals surface area contributed by atoms with E-state index in [2.05, 4.69) is 152 Å². The minimum atomic E-state index is 0.693. The maximum atomic E-state index is 6.62. The molecule has 0 unspecified atom stereocenters. The monoisotopic (exact) mass is 650 g/mol. The van der Waals surface area contributed by atoms with Crippen LogP contribution in [0.1, 0.15) is 0 Å². The maximum Gasteiger partial charge on any atom is 0.160 e. The van der Waals surface area contributed by atoms with Crippen LogP contribution < -0.4 is 0 Å². The third-order valence-corrected chi connectivity index (χ3v) is 9.84. The Morgan fingerprint density at radius 3 is 1.71 bits per heavy atom. The molecule has 0 fully saturated rings. The van der Waals surface area contributed by atoms with Crippen molar-refractivity contribution in [2.75, 3.05) is 0 Å². The van der Waals surface area contributed by atoms with Gasteiger partial charge < -0.3 is 4.42 Å². The fourth-order valence-corrected chi connectivity index (χ4v) is 7.42. The van der Waals surface area contributed by atoms with Gasteiger partial charge in [0, 0.05) is 32.8 Å². The summed E-state index contributed by atoms with van der Waals surface area (Å²) < 4.78 is 6.62. The van der Waals surface area contributed by atoms with E-state index in [0.29, 0.717) is 5.82 Å². The van der Waals surface area contributed by atoms with E-state index in [1.807, 2.05) is 30.3 Å². The van der Waals surface area contributed by atoms with Gasteiger partial charge in [0.15, 0.2) is 5.82 Å². The number of hydrogen-bond acceptors (Lipinski definition) is 3. The molecule has 2 aromatic heterocycles. The Kier molecular flexibility index (Phi) is 6.81. The molecular weight excluding hydrogens is 621 g/mol. The van der Waals surface area contributed by atoms with Crippen LogP contribution in [-0.2, 0) is 0 Å². The van der Waals surface area contributed by atoms with Gasteiger partial charge in [-0.1, -0.05) is 146 Å². The van der Waals surface area contributed by atoms with Crippen molar-refractivity contribution in [3.63, 3.8) is 0 Å². The number of aromatic nitrogens is 2. The molecule has 0 aliphatic heterocycles. The number of para-hydroxylation sites is 1. The molecule has 0 radical (unpaired) electrons. The van der Waals surface area contributed by atoms with Gasteiger partial charge in [-0.3, -0.25) is 0 Å². The molecule has 0 spiro atoms. The van der Waals surface area contributed by atoms with Gasteiger partial charge in [-0.2, -0.15) is 0 Å². The molecule has 0 saturated carbocycles. The van der Waals surface area contributed by atoms with Crippen molar-refractivity contribution >= 4 is 43.5 Å². The molecule has 2 heterocycles. The molecule has 0 bridgehead atoms. The fourth-order valence-electron chi connectivity index (χ4n) is 7.42. The second-order valence-corrected chi connectivity index (χ2v) is 13.0. The van der Waals surface area contributed by atoms with Gasteiger partial charge in [-0.25, -0.2) is 9.97 Å². The topological polar surface area (TPSA) is 38.9 Å². The molecule has 0 atom stereocenters. The highest BCUT2D eigenvalue weighted by molar-refractivity contribution is 6.21. The summed E-state index contributed by atoms with van der Waals surface area (Å²) in [4.78, 5) is 10.3. The lowest BCUT2D eigenvalue weighted by molar-refractivity contribution is 0.673. The Hall–Kier alpha value is -6.84. The number of rotatable bonds is 5. The Labute approximate surface area is 295 Å². The predicted molar refractivity (Wildman–Crippen MR) is 212 cm³/mol. The molecule has 0 N–H and O–H groups in total. The van der Waals surface area contributed by atoms with E-state index in [0.717, 1.165) is 77.5 Å². The molecule has 238 valence electrons. The number of fused-ring (bicyclic) bond motifs is 6. The van der Waals surface area contributed by atoms with Crippen molar-refractivity contribution in [1.82, 2.24) is 9.97 Å². The standard InChI is InChI=1S/C48H30N2O/c1-3-15-32(16-4-1)43-30-44(50-48(49-43)33-17-5-2-6-18-33)37-27-35(39-24-13-20-31-14-7-9-21-38(31)39)26-36(28-37)42-29-34-19-8-10-22-40(34)47-46(42)41-23-11-12-25-45(41)51-47/h1-30H. The van der Waals surface area contributed by atoms with Crippen molar-refractivity contribution in [3.8, 4) is 56.2 Å². The van der Waals surface area contributed by atoms with E-state index in [1.165, 1.54) is 16.3 Å². The van der Waals surface area contributed by atoms with Crippen LogP contribution in [0.15, 0.2) is 186 Å². The molecule has 51 heavy (non-hydrogen) atoms. The molecule has 3 nitrogen and oxygen atoms in total. The second kappa shape index (κ2) is 11.9. The van der Waals surface area contributed by atoms with Crippen LogP contribution in [0.5, 0.6) is 0 Å². The third-order valence-electron chi connectivity index (χ3n) is 9.84. The summed E-state index contributed by atoms with van der Waals surface area (Å²) in [5.74, 6) is 0.693. The van der Waals surface area contributed by atoms with Crippen LogP contribution in [0, 0.1) is 0 Å². The predicted octanol–water partition coefficient (Wildman–Crippen LogP) is 13.0. The van der Waals surface area contributed by atoms with Crippen LogP contribution in [-0.4, -0.2) is 9.97 Å². The summed E-state index contributed by atoms with van der Waals surface area (Å²) in [6.07, 6.45) is 0. The van der Waals surface area contributed by atoms with Gasteiger partial charge >= 0.3 is 0 Å². The summed E-state index contributed by atoms with van der Waals surface area (Å²) in [5.41, 5.74) is 11.1. The minimum Gasteiger partial charge on any atom is -0.455 e. The smallest absolute Gasteiger partial charge is 0.160 e. The average Bonchev–Trinajstić information content (AvgIpc) is 3.61. The molecule has 8 aromatic carbocycles. The van der Waals surface area contributed by atoms with Crippen LogP contribution in [0.25, 0.3) is 99.6 Å². The molecule has 0 aliphatic rings. The SMILES string of the molecule is c1ccc(-c2cc(-c3cc(-c4cccc5ccccc45)cc(-c4cc5ccccc5c5oc6ccccc6c45)c3)nc(-c3ccccc3)n2)cc1. The van der Waals surface area contributed by atoms with Crippen LogP contribution >= 0.6 is 0 Å². The quantitative estimate of drug-likeness (QED) is 0.186. The van der Waals surface area contributed by atoms with E-state index in [9.17, 15) is 0 Å². The van der Waals surface area contributed by atoms with Gasteiger partial charge in [0.25, 0.3) is 0 Å². The van der Waals surface area contributed by atoms with E-state index < -0.39 is 0 Å². The highest BCUT2D eigenvalue weighted by Crippen LogP contribution is 2.44. The van der Waals surface area contributed by atoms with Crippen molar-refractivity contribution in [2.45, 2.75) is 0 Å². The van der Waals surface area contributed by atoms with E-state index in [4.69, 9.17) is 14.4 Å². The lowest BCUT2D eigenvalue weighted by Crippen LogP contribution is -1.96. The van der Waals surface area contributed by atoms with Crippen molar-refractivity contribution in [1.29, 1.82) is 0 Å². The normalized spacial score (nSPS) is 11.5. The Morgan fingerprint density at radius 2 is 0.922 bits per heavy atom. The lowest BCUT2D eigenvalue weighted by atomic mass is 9.89. The van der Waals surface area contributed by atoms with Gasteiger partial charge in [0.1, 0.15) is 11.2 Å². The molecule has 3 heteroatoms. The average molecular weight is 651 g/mol.